The predicted molar refractivity (Wildman–Crippen MR) is 86.7 cm³/mol. The zero-order valence-corrected chi connectivity index (χ0v) is 13.3. The average molecular weight is 274 g/mol. The molecule has 0 spiro atoms. The second kappa shape index (κ2) is 6.73. The van der Waals surface area contributed by atoms with E-state index in [2.05, 4.69) is 56.0 Å². The molecule has 2 rings (SSSR count). The van der Waals surface area contributed by atoms with Crippen molar-refractivity contribution in [2.45, 2.75) is 45.6 Å². The third kappa shape index (κ3) is 3.62. The van der Waals surface area contributed by atoms with Gasteiger partial charge in [-0.1, -0.05) is 44.2 Å². The molecule has 1 aliphatic rings. The Hall–Kier alpha value is -0.860. The van der Waals surface area contributed by atoms with Crippen LogP contribution in [0.4, 0.5) is 0 Å². The van der Waals surface area contributed by atoms with Crippen molar-refractivity contribution < 1.29 is 0 Å². The minimum Gasteiger partial charge on any atom is -0.329 e. The van der Waals surface area contributed by atoms with E-state index in [4.69, 9.17) is 5.73 Å². The van der Waals surface area contributed by atoms with Gasteiger partial charge < -0.3 is 5.73 Å². The minimum atomic E-state index is 0.143. The van der Waals surface area contributed by atoms with Gasteiger partial charge in [0.25, 0.3) is 0 Å². The lowest BCUT2D eigenvalue weighted by atomic mass is 9.83. The van der Waals surface area contributed by atoms with Gasteiger partial charge in [-0.25, -0.2) is 0 Å². The maximum Gasteiger partial charge on any atom is 0.0306 e. The molecule has 0 aliphatic carbocycles. The first-order valence-corrected chi connectivity index (χ1v) is 8.04. The Kier molecular flexibility index (Phi) is 5.22. The molecule has 1 aromatic rings. The summed E-state index contributed by atoms with van der Waals surface area (Å²) in [4.78, 5) is 2.64. The van der Waals surface area contributed by atoms with E-state index in [0.717, 1.165) is 31.2 Å². The molecule has 112 valence electrons. The molecular weight excluding hydrogens is 244 g/mol. The lowest BCUT2D eigenvalue weighted by Crippen LogP contribution is -2.56. The Labute approximate surface area is 124 Å². The molecule has 1 aliphatic heterocycles. The highest BCUT2D eigenvalue weighted by Crippen LogP contribution is 2.30. The van der Waals surface area contributed by atoms with E-state index in [0.29, 0.717) is 0 Å². The molecule has 1 aromatic carbocycles. The highest BCUT2D eigenvalue weighted by Gasteiger charge is 2.34. The first kappa shape index (κ1) is 15.5. The molecule has 0 saturated carbocycles. The molecule has 0 aromatic heterocycles. The van der Waals surface area contributed by atoms with Crippen LogP contribution < -0.4 is 5.73 Å². The Balaban J connectivity index is 1.98. The van der Waals surface area contributed by atoms with Crippen LogP contribution in [0, 0.1) is 11.8 Å². The predicted octanol–water partition coefficient (Wildman–Crippen LogP) is 3.31. The van der Waals surface area contributed by atoms with Crippen LogP contribution in [0.1, 0.15) is 39.2 Å². The van der Waals surface area contributed by atoms with Crippen molar-refractivity contribution in [3.8, 4) is 0 Å². The molecule has 1 fully saturated rings. The van der Waals surface area contributed by atoms with Crippen LogP contribution in [0.15, 0.2) is 30.3 Å². The van der Waals surface area contributed by atoms with E-state index < -0.39 is 0 Å². The number of hydrogen-bond donors (Lipinski definition) is 1. The monoisotopic (exact) mass is 274 g/mol. The summed E-state index contributed by atoms with van der Waals surface area (Å²) in [7, 11) is 0. The van der Waals surface area contributed by atoms with E-state index in [1.165, 1.54) is 25.1 Å². The van der Waals surface area contributed by atoms with Gasteiger partial charge in [0.05, 0.1) is 0 Å². The molecule has 20 heavy (non-hydrogen) atoms. The summed E-state index contributed by atoms with van der Waals surface area (Å²) in [6.45, 7) is 10.3. The maximum absolute atomic E-state index is 6.14. The maximum atomic E-state index is 6.14. The lowest BCUT2D eigenvalue weighted by molar-refractivity contribution is 0.0365. The molecule has 2 nitrogen and oxygen atoms in total. The molecule has 3 unspecified atom stereocenters. The smallest absolute Gasteiger partial charge is 0.0306 e. The first-order chi connectivity index (χ1) is 9.55. The lowest BCUT2D eigenvalue weighted by Gasteiger charge is -2.46. The Morgan fingerprint density at radius 3 is 2.50 bits per heavy atom. The summed E-state index contributed by atoms with van der Waals surface area (Å²) >= 11 is 0. The standard InChI is InChI=1S/C18H30N2/c1-15-10-12-20(13-16(15)2)18(3,14-19)11-9-17-7-5-4-6-8-17/h4-8,15-16H,9-14,19H2,1-3H3. The minimum absolute atomic E-state index is 0.143. The molecule has 0 amide bonds. The molecule has 2 heteroatoms. The highest BCUT2D eigenvalue weighted by molar-refractivity contribution is 5.15. The van der Waals surface area contributed by atoms with E-state index in [1.54, 1.807) is 0 Å². The van der Waals surface area contributed by atoms with E-state index >= 15 is 0 Å². The number of rotatable bonds is 5. The van der Waals surface area contributed by atoms with Crippen molar-refractivity contribution in [2.24, 2.45) is 17.6 Å². The summed E-state index contributed by atoms with van der Waals surface area (Å²) in [6, 6.07) is 10.8. The quantitative estimate of drug-likeness (QED) is 0.892. The Morgan fingerprint density at radius 2 is 1.90 bits per heavy atom. The van der Waals surface area contributed by atoms with Gasteiger partial charge in [0, 0.05) is 18.6 Å². The van der Waals surface area contributed by atoms with E-state index in [9.17, 15) is 0 Å². The molecule has 0 radical (unpaired) electrons. The Bertz CT molecular complexity index is 403. The fourth-order valence-corrected chi connectivity index (χ4v) is 3.20. The first-order valence-electron chi connectivity index (χ1n) is 8.04. The summed E-state index contributed by atoms with van der Waals surface area (Å²) in [5.41, 5.74) is 7.71. The topological polar surface area (TPSA) is 29.3 Å². The number of benzene rings is 1. The van der Waals surface area contributed by atoms with Crippen molar-refractivity contribution in [1.29, 1.82) is 0 Å². The van der Waals surface area contributed by atoms with Gasteiger partial charge in [-0.2, -0.15) is 0 Å². The van der Waals surface area contributed by atoms with Gasteiger partial charge in [0.2, 0.25) is 0 Å². The van der Waals surface area contributed by atoms with Crippen molar-refractivity contribution in [1.82, 2.24) is 4.90 Å². The zero-order valence-electron chi connectivity index (χ0n) is 13.3. The van der Waals surface area contributed by atoms with Crippen LogP contribution in [0.3, 0.4) is 0 Å². The van der Waals surface area contributed by atoms with Gasteiger partial charge in [-0.15, -0.1) is 0 Å². The number of likely N-dealkylation sites (tertiary alicyclic amines) is 1. The Morgan fingerprint density at radius 1 is 1.20 bits per heavy atom. The van der Waals surface area contributed by atoms with Gasteiger partial charge in [0.1, 0.15) is 0 Å². The number of aryl methyl sites for hydroxylation is 1. The summed E-state index contributed by atoms with van der Waals surface area (Å²) in [5, 5.41) is 0. The third-order valence-corrected chi connectivity index (χ3v) is 5.33. The SMILES string of the molecule is CC1CCN(C(C)(CN)CCc2ccccc2)CC1C. The fraction of sp³-hybridized carbons (Fsp3) is 0.667. The third-order valence-electron chi connectivity index (χ3n) is 5.33. The van der Waals surface area contributed by atoms with Crippen LogP contribution in [0.25, 0.3) is 0 Å². The summed E-state index contributed by atoms with van der Waals surface area (Å²) < 4.78 is 0. The fourth-order valence-electron chi connectivity index (χ4n) is 3.20. The van der Waals surface area contributed by atoms with Gasteiger partial charge in [0.15, 0.2) is 0 Å². The van der Waals surface area contributed by atoms with Crippen molar-refractivity contribution in [3.63, 3.8) is 0 Å². The number of hydrogen-bond acceptors (Lipinski definition) is 2. The normalized spacial score (nSPS) is 27.2. The van der Waals surface area contributed by atoms with Gasteiger partial charge >= 0.3 is 0 Å². The van der Waals surface area contributed by atoms with E-state index in [-0.39, 0.29) is 5.54 Å². The molecular formula is C18H30N2. The van der Waals surface area contributed by atoms with Crippen LogP contribution in [-0.4, -0.2) is 30.1 Å². The molecule has 1 saturated heterocycles. The number of nitrogens with two attached hydrogens (primary N) is 1. The average Bonchev–Trinajstić information content (AvgIpc) is 2.48. The largest absolute Gasteiger partial charge is 0.329 e. The number of nitrogens with zero attached hydrogens (tertiary/aromatic N) is 1. The van der Waals surface area contributed by atoms with Crippen LogP contribution >= 0.6 is 0 Å². The molecule has 2 N–H and O–H groups in total. The second-order valence-corrected chi connectivity index (χ2v) is 6.88. The molecule has 0 bridgehead atoms. The second-order valence-electron chi connectivity index (χ2n) is 6.88. The highest BCUT2D eigenvalue weighted by atomic mass is 15.2. The van der Waals surface area contributed by atoms with Crippen LogP contribution in [-0.2, 0) is 6.42 Å². The molecule has 3 atom stereocenters. The van der Waals surface area contributed by atoms with Crippen molar-refractivity contribution in [2.75, 3.05) is 19.6 Å². The van der Waals surface area contributed by atoms with Gasteiger partial charge in [-0.3, -0.25) is 4.90 Å². The molecule has 1 heterocycles. The summed E-state index contributed by atoms with van der Waals surface area (Å²) in [6.07, 6.45) is 3.58. The van der Waals surface area contributed by atoms with Crippen molar-refractivity contribution in [3.05, 3.63) is 35.9 Å². The summed E-state index contributed by atoms with van der Waals surface area (Å²) in [5.74, 6) is 1.63. The zero-order chi connectivity index (χ0) is 14.6. The van der Waals surface area contributed by atoms with E-state index in [1.807, 2.05) is 0 Å². The van der Waals surface area contributed by atoms with Crippen LogP contribution in [0.5, 0.6) is 0 Å². The van der Waals surface area contributed by atoms with Crippen LogP contribution in [0.2, 0.25) is 0 Å². The number of piperidine rings is 1. The van der Waals surface area contributed by atoms with Gasteiger partial charge in [-0.05, 0) is 50.1 Å². The van der Waals surface area contributed by atoms with Crippen molar-refractivity contribution >= 4 is 0 Å².